The molecule has 0 radical (unpaired) electrons. The summed E-state index contributed by atoms with van der Waals surface area (Å²) in [5.74, 6) is 0.753. The number of thiophene rings is 1. The fraction of sp³-hybridized carbons (Fsp3) is 0.500. The highest BCUT2D eigenvalue weighted by Crippen LogP contribution is 2.33. The lowest BCUT2D eigenvalue weighted by atomic mass is 9.88. The van der Waals surface area contributed by atoms with Gasteiger partial charge in [0.15, 0.2) is 0 Å². The predicted molar refractivity (Wildman–Crippen MR) is 108 cm³/mol. The molecule has 1 aromatic heterocycles. The third kappa shape index (κ3) is 4.25. The monoisotopic (exact) mass is 386 g/mol. The van der Waals surface area contributed by atoms with Gasteiger partial charge in [0, 0.05) is 43.0 Å². The fourth-order valence-corrected chi connectivity index (χ4v) is 5.45. The number of hydrogen-bond donors (Lipinski definition) is 0. The Bertz CT molecular complexity index is 801. The first-order valence-electron chi connectivity index (χ1n) is 9.95. The van der Waals surface area contributed by atoms with Crippen LogP contribution in [0.25, 0.3) is 0 Å². The molecule has 1 aliphatic carbocycles. The van der Waals surface area contributed by atoms with E-state index in [1.807, 2.05) is 17.0 Å². The van der Waals surface area contributed by atoms with Crippen LogP contribution >= 0.6 is 11.3 Å². The van der Waals surface area contributed by atoms with Crippen LogP contribution in [-0.2, 0) is 19.4 Å². The summed E-state index contributed by atoms with van der Waals surface area (Å²) in [7, 11) is 0. The summed E-state index contributed by atoms with van der Waals surface area (Å²) < 4.78 is 13.1. The van der Waals surface area contributed by atoms with Crippen molar-refractivity contribution >= 4 is 17.2 Å². The van der Waals surface area contributed by atoms with Crippen molar-refractivity contribution in [3.8, 4) is 0 Å². The predicted octanol–water partition coefficient (Wildman–Crippen LogP) is 4.36. The van der Waals surface area contributed by atoms with Crippen LogP contribution in [0.2, 0.25) is 0 Å². The maximum atomic E-state index is 13.1. The molecule has 0 unspecified atom stereocenters. The number of hydrogen-bond acceptors (Lipinski definition) is 3. The Morgan fingerprint density at radius 3 is 2.81 bits per heavy atom. The van der Waals surface area contributed by atoms with Gasteiger partial charge in [0.25, 0.3) is 5.91 Å². The van der Waals surface area contributed by atoms with Gasteiger partial charge in [-0.25, -0.2) is 4.39 Å². The van der Waals surface area contributed by atoms with E-state index in [-0.39, 0.29) is 11.7 Å². The molecule has 1 aliphatic heterocycles. The standard InChI is InChI=1S/C22H27FN2OS/c1-16-3-8-19-20(15-27-21(19)13-16)22(26)25-10-2-9-24(11-12-25)14-17-4-6-18(23)7-5-17/h4-7,15-16H,2-3,8-14H2,1H3/t16-/m0/s1. The lowest BCUT2D eigenvalue weighted by Crippen LogP contribution is -2.35. The number of fused-ring (bicyclic) bond motifs is 1. The van der Waals surface area contributed by atoms with Crippen LogP contribution in [0.3, 0.4) is 0 Å². The molecule has 0 bridgehead atoms. The highest BCUT2D eigenvalue weighted by Gasteiger charge is 2.27. The second-order valence-electron chi connectivity index (χ2n) is 7.95. The van der Waals surface area contributed by atoms with E-state index in [1.54, 1.807) is 11.3 Å². The van der Waals surface area contributed by atoms with Gasteiger partial charge in [-0.05, 0) is 54.9 Å². The summed E-state index contributed by atoms with van der Waals surface area (Å²) in [6.45, 7) is 6.54. The molecule has 0 spiro atoms. The van der Waals surface area contributed by atoms with Crippen molar-refractivity contribution in [2.75, 3.05) is 26.2 Å². The molecular weight excluding hydrogens is 359 g/mol. The van der Waals surface area contributed by atoms with Crippen molar-refractivity contribution < 1.29 is 9.18 Å². The average Bonchev–Trinajstić information content (AvgIpc) is 2.93. The topological polar surface area (TPSA) is 23.6 Å². The summed E-state index contributed by atoms with van der Waals surface area (Å²) in [5, 5.41) is 2.09. The van der Waals surface area contributed by atoms with Crippen molar-refractivity contribution in [1.82, 2.24) is 9.80 Å². The highest BCUT2D eigenvalue weighted by atomic mass is 32.1. The van der Waals surface area contributed by atoms with Crippen molar-refractivity contribution in [2.45, 2.75) is 39.2 Å². The van der Waals surface area contributed by atoms with E-state index < -0.39 is 0 Å². The SMILES string of the molecule is C[C@H]1CCc2c(C(=O)N3CCCN(Cc4ccc(F)cc4)CC3)csc2C1. The van der Waals surface area contributed by atoms with E-state index in [0.717, 1.165) is 69.0 Å². The van der Waals surface area contributed by atoms with Crippen molar-refractivity contribution in [2.24, 2.45) is 5.92 Å². The van der Waals surface area contributed by atoms with Gasteiger partial charge in [0.1, 0.15) is 5.82 Å². The van der Waals surface area contributed by atoms with Crippen LogP contribution in [0.15, 0.2) is 29.6 Å². The number of halogens is 1. The van der Waals surface area contributed by atoms with Crippen LogP contribution in [0, 0.1) is 11.7 Å². The van der Waals surface area contributed by atoms with Gasteiger partial charge < -0.3 is 4.90 Å². The van der Waals surface area contributed by atoms with Crippen LogP contribution in [-0.4, -0.2) is 41.9 Å². The Balaban J connectivity index is 1.39. The molecule has 1 saturated heterocycles. The van der Waals surface area contributed by atoms with Crippen molar-refractivity contribution in [3.63, 3.8) is 0 Å². The Hall–Kier alpha value is -1.72. The second kappa shape index (κ2) is 8.11. The normalized spacial score (nSPS) is 21.0. The van der Waals surface area contributed by atoms with Crippen LogP contribution in [0.4, 0.5) is 4.39 Å². The number of carbonyl (C=O) groups is 1. The summed E-state index contributed by atoms with van der Waals surface area (Å²) in [4.78, 5) is 19.0. The minimum Gasteiger partial charge on any atom is -0.337 e. The molecule has 1 amide bonds. The first-order valence-corrected chi connectivity index (χ1v) is 10.8. The molecule has 1 atom stereocenters. The number of benzene rings is 1. The number of nitrogens with zero attached hydrogens (tertiary/aromatic N) is 2. The zero-order valence-corrected chi connectivity index (χ0v) is 16.7. The molecule has 2 aliphatic rings. The van der Waals surface area contributed by atoms with Crippen molar-refractivity contribution in [1.29, 1.82) is 0 Å². The maximum Gasteiger partial charge on any atom is 0.255 e. The summed E-state index contributed by atoms with van der Waals surface area (Å²) >= 11 is 1.77. The molecule has 27 heavy (non-hydrogen) atoms. The molecule has 0 saturated carbocycles. The van der Waals surface area contributed by atoms with E-state index in [4.69, 9.17) is 0 Å². The minimum absolute atomic E-state index is 0.195. The highest BCUT2D eigenvalue weighted by molar-refractivity contribution is 7.10. The zero-order valence-electron chi connectivity index (χ0n) is 15.9. The molecule has 1 fully saturated rings. The summed E-state index contributed by atoms with van der Waals surface area (Å²) in [6, 6.07) is 6.73. The number of carbonyl (C=O) groups excluding carboxylic acids is 1. The Morgan fingerprint density at radius 1 is 1.19 bits per heavy atom. The largest absolute Gasteiger partial charge is 0.337 e. The summed E-state index contributed by atoms with van der Waals surface area (Å²) in [6.07, 6.45) is 4.34. The van der Waals surface area contributed by atoms with E-state index >= 15 is 0 Å². The molecule has 5 heteroatoms. The first kappa shape index (κ1) is 18.6. The molecular formula is C22H27FN2OS. The molecule has 3 nitrogen and oxygen atoms in total. The van der Waals surface area contributed by atoms with Crippen molar-refractivity contribution in [3.05, 3.63) is 57.0 Å². The van der Waals surface area contributed by atoms with E-state index in [0.29, 0.717) is 0 Å². The fourth-order valence-electron chi connectivity index (χ4n) is 4.21. The van der Waals surface area contributed by atoms with E-state index in [2.05, 4.69) is 17.2 Å². The third-order valence-electron chi connectivity index (χ3n) is 5.83. The molecule has 4 rings (SSSR count). The maximum absolute atomic E-state index is 13.1. The number of rotatable bonds is 3. The Kier molecular flexibility index (Phi) is 5.60. The quantitative estimate of drug-likeness (QED) is 0.782. The number of amides is 1. The van der Waals surface area contributed by atoms with E-state index in [9.17, 15) is 9.18 Å². The third-order valence-corrected chi connectivity index (χ3v) is 6.88. The Labute approximate surface area is 164 Å². The molecule has 0 N–H and O–H groups in total. The summed E-state index contributed by atoms with van der Waals surface area (Å²) in [5.41, 5.74) is 3.39. The van der Waals surface area contributed by atoms with Gasteiger partial charge in [-0.3, -0.25) is 9.69 Å². The van der Waals surface area contributed by atoms with E-state index in [1.165, 1.54) is 29.0 Å². The van der Waals surface area contributed by atoms with Gasteiger partial charge in [0.05, 0.1) is 5.56 Å². The second-order valence-corrected chi connectivity index (χ2v) is 8.91. The molecule has 1 aromatic carbocycles. The van der Waals surface area contributed by atoms with Crippen LogP contribution in [0.5, 0.6) is 0 Å². The first-order chi connectivity index (χ1) is 13.1. The van der Waals surface area contributed by atoms with Gasteiger partial charge in [-0.2, -0.15) is 0 Å². The molecule has 2 aromatic rings. The van der Waals surface area contributed by atoms with Crippen LogP contribution < -0.4 is 0 Å². The average molecular weight is 387 g/mol. The van der Waals surface area contributed by atoms with Gasteiger partial charge in [-0.15, -0.1) is 11.3 Å². The Morgan fingerprint density at radius 2 is 2.00 bits per heavy atom. The zero-order chi connectivity index (χ0) is 18.8. The molecule has 2 heterocycles. The van der Waals surface area contributed by atoms with Crippen LogP contribution in [0.1, 0.15) is 46.1 Å². The lowest BCUT2D eigenvalue weighted by molar-refractivity contribution is 0.0760. The minimum atomic E-state index is -0.195. The van der Waals surface area contributed by atoms with Gasteiger partial charge >= 0.3 is 0 Å². The van der Waals surface area contributed by atoms with Gasteiger partial charge in [-0.1, -0.05) is 19.1 Å². The smallest absolute Gasteiger partial charge is 0.255 e. The van der Waals surface area contributed by atoms with Gasteiger partial charge in [0.2, 0.25) is 0 Å². The molecule has 144 valence electrons. The lowest BCUT2D eigenvalue weighted by Gasteiger charge is -2.24.